The molecule has 96 valence electrons. The van der Waals surface area contributed by atoms with Crippen LogP contribution in [0.2, 0.25) is 0 Å². The molecule has 1 unspecified atom stereocenters. The van der Waals surface area contributed by atoms with Crippen molar-refractivity contribution < 1.29 is 5.11 Å². The summed E-state index contributed by atoms with van der Waals surface area (Å²) in [4.78, 5) is 6.33. The Labute approximate surface area is 104 Å². The standard InChI is InChI=1S/C11H16N6O/c1-11(2)7-16(4-3-8(11)18)10-6-12-5-9-13-14-15-17(9)10/h5-6,8,18H,3-4,7H2,1-2H3. The Bertz CT molecular complexity index is 565. The number of rotatable bonds is 1. The Morgan fingerprint density at radius 1 is 1.39 bits per heavy atom. The lowest BCUT2D eigenvalue weighted by Crippen LogP contribution is -2.49. The summed E-state index contributed by atoms with van der Waals surface area (Å²) in [6.07, 6.45) is 3.87. The third-order valence-corrected chi connectivity index (χ3v) is 3.59. The molecule has 1 fully saturated rings. The van der Waals surface area contributed by atoms with Crippen molar-refractivity contribution in [2.45, 2.75) is 26.4 Å². The maximum absolute atomic E-state index is 9.99. The number of tetrazole rings is 1. The van der Waals surface area contributed by atoms with Gasteiger partial charge in [0.2, 0.25) is 0 Å². The molecule has 0 aliphatic carbocycles. The molecule has 3 rings (SSSR count). The summed E-state index contributed by atoms with van der Waals surface area (Å²) in [6.45, 7) is 5.67. The van der Waals surface area contributed by atoms with Crippen LogP contribution in [0, 0.1) is 5.41 Å². The molecule has 2 aromatic heterocycles. The SMILES string of the molecule is CC1(C)CN(c2cncc3nnnn23)CCC1O. The van der Waals surface area contributed by atoms with Crippen LogP contribution in [0.3, 0.4) is 0 Å². The third kappa shape index (κ3) is 1.71. The summed E-state index contributed by atoms with van der Waals surface area (Å²) >= 11 is 0. The first-order valence-corrected chi connectivity index (χ1v) is 6.03. The Morgan fingerprint density at radius 2 is 2.22 bits per heavy atom. The number of aliphatic hydroxyl groups excluding tert-OH is 1. The van der Waals surface area contributed by atoms with Gasteiger partial charge < -0.3 is 10.0 Å². The van der Waals surface area contributed by atoms with E-state index in [1.807, 2.05) is 0 Å². The van der Waals surface area contributed by atoms with Gasteiger partial charge in [0.05, 0.1) is 18.5 Å². The second-order valence-corrected chi connectivity index (χ2v) is 5.43. The van der Waals surface area contributed by atoms with Crippen LogP contribution in [0.4, 0.5) is 5.82 Å². The van der Waals surface area contributed by atoms with Crippen LogP contribution >= 0.6 is 0 Å². The van der Waals surface area contributed by atoms with Crippen LogP contribution < -0.4 is 4.90 Å². The van der Waals surface area contributed by atoms with Gasteiger partial charge in [0.15, 0.2) is 11.5 Å². The molecular weight excluding hydrogens is 232 g/mol. The highest BCUT2D eigenvalue weighted by Gasteiger charge is 2.35. The molecule has 18 heavy (non-hydrogen) atoms. The van der Waals surface area contributed by atoms with Crippen LogP contribution in [-0.2, 0) is 0 Å². The van der Waals surface area contributed by atoms with Crippen LogP contribution in [0.5, 0.6) is 0 Å². The van der Waals surface area contributed by atoms with Gasteiger partial charge in [-0.05, 0) is 16.8 Å². The highest BCUT2D eigenvalue weighted by molar-refractivity contribution is 5.46. The van der Waals surface area contributed by atoms with E-state index in [0.29, 0.717) is 5.65 Å². The molecule has 2 aromatic rings. The van der Waals surface area contributed by atoms with Gasteiger partial charge in [-0.3, -0.25) is 4.98 Å². The second-order valence-electron chi connectivity index (χ2n) is 5.43. The topological polar surface area (TPSA) is 79.4 Å². The van der Waals surface area contributed by atoms with Gasteiger partial charge >= 0.3 is 0 Å². The van der Waals surface area contributed by atoms with E-state index in [1.54, 1.807) is 16.9 Å². The monoisotopic (exact) mass is 248 g/mol. The van der Waals surface area contributed by atoms with E-state index in [0.717, 1.165) is 25.3 Å². The molecule has 7 heteroatoms. The quantitative estimate of drug-likeness (QED) is 0.772. The highest BCUT2D eigenvalue weighted by Crippen LogP contribution is 2.31. The van der Waals surface area contributed by atoms with Crippen molar-refractivity contribution in [1.82, 2.24) is 25.0 Å². The number of hydrogen-bond acceptors (Lipinski definition) is 6. The summed E-state index contributed by atoms with van der Waals surface area (Å²) in [6, 6.07) is 0. The van der Waals surface area contributed by atoms with Crippen LogP contribution in [0.1, 0.15) is 20.3 Å². The fourth-order valence-electron chi connectivity index (χ4n) is 2.42. The molecule has 1 aliphatic rings. The van der Waals surface area contributed by atoms with Gasteiger partial charge in [0.1, 0.15) is 0 Å². The summed E-state index contributed by atoms with van der Waals surface area (Å²) in [5, 5.41) is 21.5. The van der Waals surface area contributed by atoms with Gasteiger partial charge in [-0.25, -0.2) is 0 Å². The molecule has 0 amide bonds. The number of aromatic nitrogens is 5. The predicted octanol–water partition coefficient (Wildman–Crippen LogP) is 0.116. The third-order valence-electron chi connectivity index (χ3n) is 3.59. The van der Waals surface area contributed by atoms with Gasteiger partial charge in [0, 0.05) is 18.5 Å². The van der Waals surface area contributed by atoms with Crippen molar-refractivity contribution in [3.63, 3.8) is 0 Å². The number of piperidine rings is 1. The second kappa shape index (κ2) is 3.88. The van der Waals surface area contributed by atoms with E-state index in [2.05, 4.69) is 39.3 Å². The Balaban J connectivity index is 1.98. The van der Waals surface area contributed by atoms with E-state index in [1.165, 1.54) is 0 Å². The van der Waals surface area contributed by atoms with E-state index in [9.17, 15) is 5.11 Å². The van der Waals surface area contributed by atoms with Gasteiger partial charge in [-0.1, -0.05) is 13.8 Å². The highest BCUT2D eigenvalue weighted by atomic mass is 16.3. The predicted molar refractivity (Wildman–Crippen MR) is 65.2 cm³/mol. The molecule has 0 saturated carbocycles. The maximum Gasteiger partial charge on any atom is 0.199 e. The summed E-state index contributed by atoms with van der Waals surface area (Å²) in [5.74, 6) is 0.873. The fraction of sp³-hybridized carbons (Fsp3) is 0.636. The first-order valence-electron chi connectivity index (χ1n) is 6.03. The molecule has 1 aliphatic heterocycles. The number of anilines is 1. The van der Waals surface area contributed by atoms with Crippen LogP contribution in [0.25, 0.3) is 5.65 Å². The summed E-state index contributed by atoms with van der Waals surface area (Å²) in [7, 11) is 0. The lowest BCUT2D eigenvalue weighted by Gasteiger charge is -2.42. The molecule has 1 saturated heterocycles. The van der Waals surface area contributed by atoms with E-state index in [4.69, 9.17) is 0 Å². The summed E-state index contributed by atoms with van der Waals surface area (Å²) < 4.78 is 1.68. The molecule has 0 bridgehead atoms. The van der Waals surface area contributed by atoms with Gasteiger partial charge in [-0.15, -0.1) is 5.10 Å². The minimum atomic E-state index is -0.269. The molecular formula is C11H16N6O. The number of hydrogen-bond donors (Lipinski definition) is 1. The van der Waals surface area contributed by atoms with E-state index in [-0.39, 0.29) is 11.5 Å². The lowest BCUT2D eigenvalue weighted by molar-refractivity contribution is 0.0333. The average molecular weight is 248 g/mol. The van der Waals surface area contributed by atoms with Gasteiger partial charge in [-0.2, -0.15) is 4.52 Å². The zero-order valence-electron chi connectivity index (χ0n) is 10.5. The molecule has 7 nitrogen and oxygen atoms in total. The number of nitrogens with zero attached hydrogens (tertiary/aromatic N) is 6. The Kier molecular flexibility index (Phi) is 2.44. The van der Waals surface area contributed by atoms with Crippen molar-refractivity contribution in [3.8, 4) is 0 Å². The molecule has 0 aromatic carbocycles. The molecule has 1 atom stereocenters. The van der Waals surface area contributed by atoms with Crippen molar-refractivity contribution >= 4 is 11.5 Å². The number of fused-ring (bicyclic) bond motifs is 1. The first-order chi connectivity index (χ1) is 8.58. The fourth-order valence-corrected chi connectivity index (χ4v) is 2.42. The average Bonchev–Trinajstić information content (AvgIpc) is 2.80. The number of aliphatic hydroxyl groups is 1. The zero-order chi connectivity index (χ0) is 12.8. The Hall–Kier alpha value is -1.76. The van der Waals surface area contributed by atoms with Crippen molar-refractivity contribution in [1.29, 1.82) is 0 Å². The molecule has 3 heterocycles. The van der Waals surface area contributed by atoms with Crippen molar-refractivity contribution in [3.05, 3.63) is 12.4 Å². The van der Waals surface area contributed by atoms with Crippen LogP contribution in [-0.4, -0.2) is 49.3 Å². The Morgan fingerprint density at radius 3 is 3.00 bits per heavy atom. The molecule has 0 spiro atoms. The minimum absolute atomic E-state index is 0.144. The lowest BCUT2D eigenvalue weighted by atomic mass is 9.81. The van der Waals surface area contributed by atoms with Crippen molar-refractivity contribution in [2.24, 2.45) is 5.41 Å². The van der Waals surface area contributed by atoms with Crippen molar-refractivity contribution in [2.75, 3.05) is 18.0 Å². The van der Waals surface area contributed by atoms with E-state index >= 15 is 0 Å². The largest absolute Gasteiger partial charge is 0.392 e. The van der Waals surface area contributed by atoms with E-state index < -0.39 is 0 Å². The minimum Gasteiger partial charge on any atom is -0.392 e. The van der Waals surface area contributed by atoms with Crippen LogP contribution in [0.15, 0.2) is 12.4 Å². The zero-order valence-corrected chi connectivity index (χ0v) is 10.5. The molecule has 1 N–H and O–H groups in total. The molecule has 0 radical (unpaired) electrons. The summed E-state index contributed by atoms with van der Waals surface area (Å²) in [5.41, 5.74) is 0.491. The maximum atomic E-state index is 9.99. The smallest absolute Gasteiger partial charge is 0.199 e. The first kappa shape index (κ1) is 11.3. The normalized spacial score (nSPS) is 23.5. The van der Waals surface area contributed by atoms with Gasteiger partial charge in [0.25, 0.3) is 0 Å².